The largest absolute Gasteiger partial charge is 2.00 e. The van der Waals surface area contributed by atoms with Crippen LogP contribution in [-0.2, 0) is 9.09 Å². The van der Waals surface area contributed by atoms with Gasteiger partial charge in [-0.15, -0.1) is 11.6 Å². The first-order chi connectivity index (χ1) is 5.56. The van der Waals surface area contributed by atoms with Crippen LogP contribution in [0, 0.1) is 0 Å². The molecule has 0 aliphatic heterocycles. The van der Waals surface area contributed by atoms with Crippen LogP contribution in [0.5, 0.6) is 0 Å². The Hall–Kier alpha value is 1.66. The first-order valence-corrected chi connectivity index (χ1v) is 5.78. The minimum atomic E-state index is -4.75. The van der Waals surface area contributed by atoms with Crippen molar-refractivity contribution in [2.75, 3.05) is 12.5 Å². The van der Waals surface area contributed by atoms with E-state index in [-0.39, 0.29) is 44.3 Å². The van der Waals surface area contributed by atoms with E-state index in [1.165, 1.54) is 0 Å². The predicted molar refractivity (Wildman–Crippen MR) is 48.5 cm³/mol. The summed E-state index contributed by atoms with van der Waals surface area (Å²) in [6, 6.07) is 0. The van der Waals surface area contributed by atoms with Crippen LogP contribution in [0.4, 0.5) is 0 Å². The summed E-state index contributed by atoms with van der Waals surface area (Å²) in [5, 5.41) is 0. The third kappa shape index (κ3) is 16.3. The van der Waals surface area contributed by atoms with Gasteiger partial charge in [-0.05, 0) is 12.8 Å². The molecule has 0 saturated carbocycles. The van der Waals surface area contributed by atoms with Crippen LogP contribution in [-0.4, -0.2) is 50.2 Å². The Kier molecular flexibility index (Phi) is 13.4. The first-order valence-electron chi connectivity index (χ1n) is 3.79. The zero-order valence-corrected chi connectivity index (χ0v) is 11.3. The SMILES string of the molecule is O=P([O-])([O-])OCCCCCCCl.[Ca+2]. The molecule has 0 unspecified atom stereocenters. The van der Waals surface area contributed by atoms with Crippen LogP contribution in [0.25, 0.3) is 0 Å². The van der Waals surface area contributed by atoms with Crippen molar-refractivity contribution in [2.24, 2.45) is 0 Å². The van der Waals surface area contributed by atoms with Crippen molar-refractivity contribution in [1.82, 2.24) is 0 Å². The summed E-state index contributed by atoms with van der Waals surface area (Å²) in [5.74, 6) is 0.614. The molecule has 0 aromatic carbocycles. The van der Waals surface area contributed by atoms with Crippen molar-refractivity contribution < 1.29 is 18.9 Å². The predicted octanol–water partition coefficient (Wildman–Crippen LogP) is 0.250. The zero-order valence-electron chi connectivity index (χ0n) is 7.41. The van der Waals surface area contributed by atoms with Gasteiger partial charge in [0.25, 0.3) is 0 Å². The molecule has 7 heteroatoms. The first kappa shape index (κ1) is 17.1. The standard InChI is InChI=1S/C6H14ClO4P.Ca/c7-5-3-1-2-4-6-11-12(8,9)10;/h1-6H2,(H2,8,9,10);/q;+2/p-2. The van der Waals surface area contributed by atoms with Gasteiger partial charge in [-0.2, -0.15) is 0 Å². The zero-order chi connectivity index (χ0) is 9.45. The molecule has 0 aromatic heterocycles. The molecule has 74 valence electrons. The van der Waals surface area contributed by atoms with Crippen molar-refractivity contribution >= 4 is 57.2 Å². The van der Waals surface area contributed by atoms with Gasteiger partial charge in [0, 0.05) is 5.88 Å². The molecular weight excluding hydrogens is 243 g/mol. The molecule has 0 atom stereocenters. The third-order valence-electron chi connectivity index (χ3n) is 1.28. The third-order valence-corrected chi connectivity index (χ3v) is 2.04. The summed E-state index contributed by atoms with van der Waals surface area (Å²) in [4.78, 5) is 19.9. The Balaban J connectivity index is 0. The quantitative estimate of drug-likeness (QED) is 0.283. The molecule has 0 heterocycles. The average Bonchev–Trinajstić information content (AvgIpc) is 1.94. The number of alkyl halides is 1. The Morgan fingerprint density at radius 2 is 1.69 bits per heavy atom. The number of rotatable bonds is 7. The van der Waals surface area contributed by atoms with E-state index in [9.17, 15) is 14.4 Å². The maximum Gasteiger partial charge on any atom is 2.00 e. The Bertz CT molecular complexity index is 152. The van der Waals surface area contributed by atoms with Crippen molar-refractivity contribution in [3.05, 3.63) is 0 Å². The van der Waals surface area contributed by atoms with E-state index >= 15 is 0 Å². The van der Waals surface area contributed by atoms with Gasteiger partial charge in [-0.1, -0.05) is 12.8 Å². The fraction of sp³-hybridized carbons (Fsp3) is 1.00. The molecule has 0 aromatic rings. The van der Waals surface area contributed by atoms with Crippen LogP contribution in [0.3, 0.4) is 0 Å². The van der Waals surface area contributed by atoms with Crippen LogP contribution in [0.15, 0.2) is 0 Å². The smallest absolute Gasteiger partial charge is 0.790 e. The fourth-order valence-electron chi connectivity index (χ4n) is 0.726. The van der Waals surface area contributed by atoms with Crippen molar-refractivity contribution in [3.8, 4) is 0 Å². The van der Waals surface area contributed by atoms with Crippen LogP contribution >= 0.6 is 19.4 Å². The van der Waals surface area contributed by atoms with Gasteiger partial charge in [0.05, 0.1) is 14.4 Å². The summed E-state index contributed by atoms with van der Waals surface area (Å²) < 4.78 is 14.0. The summed E-state index contributed by atoms with van der Waals surface area (Å²) in [6.45, 7) is -0.00738. The number of phosphoric acid groups is 1. The molecule has 0 aliphatic rings. The molecular formula is C6H12CaClO4P. The minimum absolute atomic E-state index is 0. The van der Waals surface area contributed by atoms with Crippen LogP contribution < -0.4 is 9.79 Å². The number of hydrogen-bond acceptors (Lipinski definition) is 4. The van der Waals surface area contributed by atoms with Gasteiger partial charge in [0.15, 0.2) is 0 Å². The summed E-state index contributed by atoms with van der Waals surface area (Å²) >= 11 is 5.41. The van der Waals surface area contributed by atoms with Gasteiger partial charge < -0.3 is 18.9 Å². The number of hydrogen-bond donors (Lipinski definition) is 0. The van der Waals surface area contributed by atoms with E-state index in [1.807, 2.05) is 0 Å². The maximum atomic E-state index is 9.95. The number of phosphoric ester groups is 1. The van der Waals surface area contributed by atoms with Gasteiger partial charge >= 0.3 is 37.7 Å². The summed E-state index contributed by atoms with van der Waals surface area (Å²) in [5.41, 5.74) is 0. The molecule has 0 saturated heterocycles. The molecule has 0 amide bonds. The second-order valence-corrected chi connectivity index (χ2v) is 3.91. The summed E-state index contributed by atoms with van der Waals surface area (Å²) in [7, 11) is -4.75. The normalized spacial score (nSPS) is 11.0. The topological polar surface area (TPSA) is 72.4 Å². The van der Waals surface area contributed by atoms with Gasteiger partial charge in [-0.3, -0.25) is 0 Å². The Morgan fingerprint density at radius 3 is 2.15 bits per heavy atom. The van der Waals surface area contributed by atoms with E-state index in [0.717, 1.165) is 19.3 Å². The molecule has 13 heavy (non-hydrogen) atoms. The van der Waals surface area contributed by atoms with Crippen LogP contribution in [0.1, 0.15) is 25.7 Å². The molecule has 0 aliphatic carbocycles. The van der Waals surface area contributed by atoms with Gasteiger partial charge in [0.2, 0.25) is 0 Å². The Labute approximate surface area is 113 Å². The van der Waals surface area contributed by atoms with Gasteiger partial charge in [0.1, 0.15) is 0 Å². The average molecular weight is 255 g/mol. The fourth-order valence-corrected chi connectivity index (χ4v) is 1.27. The van der Waals surface area contributed by atoms with E-state index in [2.05, 4.69) is 4.52 Å². The molecule has 4 nitrogen and oxygen atoms in total. The molecule has 0 N–H and O–H groups in total. The van der Waals surface area contributed by atoms with E-state index in [4.69, 9.17) is 11.6 Å². The number of halogens is 1. The van der Waals surface area contributed by atoms with Crippen molar-refractivity contribution in [1.29, 1.82) is 0 Å². The molecule has 0 rings (SSSR count). The molecule has 0 spiro atoms. The maximum absolute atomic E-state index is 9.95. The van der Waals surface area contributed by atoms with E-state index < -0.39 is 7.82 Å². The van der Waals surface area contributed by atoms with E-state index in [1.54, 1.807) is 0 Å². The second kappa shape index (κ2) is 10.2. The minimum Gasteiger partial charge on any atom is -0.790 e. The molecule has 0 bridgehead atoms. The molecule has 0 fully saturated rings. The number of unbranched alkanes of at least 4 members (excludes halogenated alkanes) is 3. The van der Waals surface area contributed by atoms with E-state index in [0.29, 0.717) is 12.3 Å². The van der Waals surface area contributed by atoms with Gasteiger partial charge in [-0.25, -0.2) is 0 Å². The van der Waals surface area contributed by atoms with Crippen molar-refractivity contribution in [2.45, 2.75) is 25.7 Å². The second-order valence-electron chi connectivity index (χ2n) is 2.38. The summed E-state index contributed by atoms with van der Waals surface area (Å²) in [6.07, 6.45) is 3.28. The monoisotopic (exact) mass is 254 g/mol. The van der Waals surface area contributed by atoms with Crippen molar-refractivity contribution in [3.63, 3.8) is 0 Å². The Morgan fingerprint density at radius 1 is 1.15 bits per heavy atom. The molecule has 0 radical (unpaired) electrons. The van der Waals surface area contributed by atoms with Crippen LogP contribution in [0.2, 0.25) is 0 Å².